The van der Waals surface area contributed by atoms with Gasteiger partial charge in [-0.1, -0.05) is 12.1 Å². The first-order valence-electron chi connectivity index (χ1n) is 8.27. The van der Waals surface area contributed by atoms with Crippen LogP contribution in [0.15, 0.2) is 24.3 Å². The zero-order valence-electron chi connectivity index (χ0n) is 14.7. The number of rotatable bonds is 6. The molecule has 1 heterocycles. The number of hydrogen-bond acceptors (Lipinski definition) is 5. The highest BCUT2D eigenvalue weighted by Gasteiger charge is 2.38. The summed E-state index contributed by atoms with van der Waals surface area (Å²) < 4.78 is 31.7. The van der Waals surface area contributed by atoms with E-state index in [1.54, 1.807) is 0 Å². The number of imide groups is 1. The third-order valence-electron chi connectivity index (χ3n) is 3.67. The van der Waals surface area contributed by atoms with Crippen molar-refractivity contribution in [2.24, 2.45) is 0 Å². The second-order valence-corrected chi connectivity index (χ2v) is 5.85. The number of carbonyl (C=O) groups excluding carboxylic acids is 2. The van der Waals surface area contributed by atoms with Gasteiger partial charge in [0.2, 0.25) is 11.8 Å². The molecule has 7 nitrogen and oxygen atoms in total. The van der Waals surface area contributed by atoms with E-state index in [-0.39, 0.29) is 17.9 Å². The Morgan fingerprint density at radius 3 is 2.33 bits per heavy atom. The van der Waals surface area contributed by atoms with Crippen molar-refractivity contribution in [2.45, 2.75) is 37.9 Å². The maximum atomic E-state index is 11.6. The third-order valence-corrected chi connectivity index (χ3v) is 3.67. The first-order valence-corrected chi connectivity index (χ1v) is 8.27. The zero-order valence-corrected chi connectivity index (χ0v) is 14.7. The van der Waals surface area contributed by atoms with Crippen molar-refractivity contribution in [2.75, 3.05) is 18.9 Å². The molecule has 1 aromatic carbocycles. The summed E-state index contributed by atoms with van der Waals surface area (Å²) in [7, 11) is 1.95. The minimum absolute atomic E-state index is 0.187. The summed E-state index contributed by atoms with van der Waals surface area (Å²) in [5.74, 6) is -3.18. The van der Waals surface area contributed by atoms with Crippen molar-refractivity contribution in [1.29, 1.82) is 0 Å². The Bertz CT molecular complexity index is 648. The molecule has 1 unspecified atom stereocenters. The fourth-order valence-corrected chi connectivity index (χ4v) is 2.27. The van der Waals surface area contributed by atoms with E-state index in [1.807, 2.05) is 19.2 Å². The number of benzene rings is 1. The van der Waals surface area contributed by atoms with Crippen LogP contribution in [0.3, 0.4) is 0 Å². The van der Waals surface area contributed by atoms with Gasteiger partial charge in [-0.05, 0) is 50.6 Å². The SMILES string of the molecule is CNCCCc1ccc(NC2CCC(=O)NC2=O)cc1.O=C(O)C(F)(F)F. The number of aryl methyl sites for hydroxylation is 1. The second kappa shape index (κ2) is 10.5. The smallest absolute Gasteiger partial charge is 0.475 e. The Kier molecular flexibility index (Phi) is 8.73. The molecule has 1 fully saturated rings. The van der Waals surface area contributed by atoms with Gasteiger partial charge in [-0.15, -0.1) is 0 Å². The van der Waals surface area contributed by atoms with Crippen molar-refractivity contribution >= 4 is 23.5 Å². The van der Waals surface area contributed by atoms with Gasteiger partial charge in [0.25, 0.3) is 0 Å². The molecule has 4 N–H and O–H groups in total. The van der Waals surface area contributed by atoms with Gasteiger partial charge < -0.3 is 15.7 Å². The number of amides is 2. The van der Waals surface area contributed by atoms with Crippen LogP contribution in [-0.2, 0) is 20.8 Å². The molecule has 27 heavy (non-hydrogen) atoms. The van der Waals surface area contributed by atoms with Crippen LogP contribution in [-0.4, -0.2) is 48.7 Å². The highest BCUT2D eigenvalue weighted by molar-refractivity contribution is 6.01. The van der Waals surface area contributed by atoms with Gasteiger partial charge in [0.05, 0.1) is 0 Å². The molecular formula is C17H22F3N3O4. The highest BCUT2D eigenvalue weighted by atomic mass is 19.4. The number of alkyl halides is 3. The van der Waals surface area contributed by atoms with Gasteiger partial charge in [-0.2, -0.15) is 13.2 Å². The van der Waals surface area contributed by atoms with Crippen molar-refractivity contribution in [3.8, 4) is 0 Å². The summed E-state index contributed by atoms with van der Waals surface area (Å²) in [6.07, 6.45) is -1.99. The number of anilines is 1. The molecule has 150 valence electrons. The standard InChI is InChI=1S/C15H21N3O2.C2HF3O2/c1-16-10-2-3-11-4-6-12(7-5-11)17-13-8-9-14(19)18-15(13)20;3-2(4,5)1(6)7/h4-7,13,16-17H,2-3,8-10H2,1H3,(H,18,19,20);(H,6,7). The van der Waals surface area contributed by atoms with E-state index in [1.165, 1.54) is 5.56 Å². The first kappa shape index (κ1) is 22.4. The van der Waals surface area contributed by atoms with Crippen LogP contribution >= 0.6 is 0 Å². The van der Waals surface area contributed by atoms with Crippen LogP contribution in [0.25, 0.3) is 0 Å². The molecule has 0 saturated carbocycles. The number of aliphatic carboxylic acids is 1. The van der Waals surface area contributed by atoms with Crippen molar-refractivity contribution < 1.29 is 32.7 Å². The number of nitrogens with one attached hydrogen (secondary N) is 3. The van der Waals surface area contributed by atoms with Gasteiger partial charge in [0.1, 0.15) is 6.04 Å². The Hall–Kier alpha value is -2.62. The van der Waals surface area contributed by atoms with E-state index >= 15 is 0 Å². The van der Waals surface area contributed by atoms with Crippen LogP contribution in [0.4, 0.5) is 18.9 Å². The first-order chi connectivity index (χ1) is 12.6. The average molecular weight is 389 g/mol. The fourth-order valence-electron chi connectivity index (χ4n) is 2.27. The molecule has 1 aliphatic rings. The van der Waals surface area contributed by atoms with E-state index in [9.17, 15) is 22.8 Å². The number of carboxylic acid groups (broad SMARTS) is 1. The van der Waals surface area contributed by atoms with Gasteiger partial charge in [0.15, 0.2) is 0 Å². The molecule has 2 rings (SSSR count). The second-order valence-electron chi connectivity index (χ2n) is 5.85. The minimum Gasteiger partial charge on any atom is -0.475 e. The summed E-state index contributed by atoms with van der Waals surface area (Å²) in [4.78, 5) is 31.6. The lowest BCUT2D eigenvalue weighted by Gasteiger charge is -2.22. The normalized spacial score (nSPS) is 16.8. The largest absolute Gasteiger partial charge is 0.490 e. The Balaban J connectivity index is 0.000000445. The molecule has 1 aliphatic heterocycles. The molecule has 0 radical (unpaired) electrons. The minimum atomic E-state index is -5.08. The average Bonchev–Trinajstić information content (AvgIpc) is 2.59. The molecule has 0 spiro atoms. The maximum Gasteiger partial charge on any atom is 0.490 e. The van der Waals surface area contributed by atoms with Crippen LogP contribution in [0.2, 0.25) is 0 Å². The van der Waals surface area contributed by atoms with Crippen molar-refractivity contribution in [3.05, 3.63) is 29.8 Å². The Labute approximate surface area is 154 Å². The molecule has 0 aliphatic carbocycles. The predicted octanol–water partition coefficient (Wildman–Crippen LogP) is 1.69. The lowest BCUT2D eigenvalue weighted by atomic mass is 10.0. The molecule has 1 saturated heterocycles. The van der Waals surface area contributed by atoms with Gasteiger partial charge in [-0.25, -0.2) is 4.79 Å². The molecule has 10 heteroatoms. The van der Waals surface area contributed by atoms with E-state index in [0.29, 0.717) is 12.8 Å². The third kappa shape index (κ3) is 8.54. The van der Waals surface area contributed by atoms with Crippen LogP contribution < -0.4 is 16.0 Å². The molecule has 0 aromatic heterocycles. The van der Waals surface area contributed by atoms with E-state index in [4.69, 9.17) is 9.90 Å². The van der Waals surface area contributed by atoms with Crippen LogP contribution in [0, 0.1) is 0 Å². The summed E-state index contributed by atoms with van der Waals surface area (Å²) >= 11 is 0. The highest BCUT2D eigenvalue weighted by Crippen LogP contribution is 2.15. The molecule has 0 bridgehead atoms. The van der Waals surface area contributed by atoms with Crippen molar-refractivity contribution in [1.82, 2.24) is 10.6 Å². The van der Waals surface area contributed by atoms with E-state index in [2.05, 4.69) is 28.1 Å². The van der Waals surface area contributed by atoms with Gasteiger partial charge in [0, 0.05) is 12.1 Å². The zero-order chi connectivity index (χ0) is 20.4. The number of carbonyl (C=O) groups is 3. The number of halogens is 3. The molecule has 1 aromatic rings. The monoisotopic (exact) mass is 389 g/mol. The number of hydrogen-bond donors (Lipinski definition) is 4. The van der Waals surface area contributed by atoms with E-state index in [0.717, 1.165) is 25.1 Å². The molecular weight excluding hydrogens is 367 g/mol. The molecule has 2 amide bonds. The van der Waals surface area contributed by atoms with Crippen LogP contribution in [0.1, 0.15) is 24.8 Å². The lowest BCUT2D eigenvalue weighted by molar-refractivity contribution is -0.192. The summed E-state index contributed by atoms with van der Waals surface area (Å²) in [5.41, 5.74) is 2.20. The Morgan fingerprint density at radius 1 is 1.26 bits per heavy atom. The summed E-state index contributed by atoms with van der Waals surface area (Å²) in [6.45, 7) is 1.01. The molecule has 1 atom stereocenters. The summed E-state index contributed by atoms with van der Waals surface area (Å²) in [5, 5.41) is 15.8. The topological polar surface area (TPSA) is 108 Å². The number of piperidine rings is 1. The van der Waals surface area contributed by atoms with Gasteiger partial charge in [-0.3, -0.25) is 14.9 Å². The Morgan fingerprint density at radius 2 is 1.85 bits per heavy atom. The quantitative estimate of drug-likeness (QED) is 0.436. The van der Waals surface area contributed by atoms with Gasteiger partial charge >= 0.3 is 12.1 Å². The van der Waals surface area contributed by atoms with E-state index < -0.39 is 12.1 Å². The fraction of sp³-hybridized carbons (Fsp3) is 0.471. The number of carboxylic acids is 1. The van der Waals surface area contributed by atoms with Crippen LogP contribution in [0.5, 0.6) is 0 Å². The maximum absolute atomic E-state index is 11.6. The summed E-state index contributed by atoms with van der Waals surface area (Å²) in [6, 6.07) is 7.80. The lowest BCUT2D eigenvalue weighted by Crippen LogP contribution is -2.47. The predicted molar refractivity (Wildman–Crippen MR) is 92.2 cm³/mol. The van der Waals surface area contributed by atoms with Crippen molar-refractivity contribution in [3.63, 3.8) is 0 Å².